The van der Waals surface area contributed by atoms with Crippen LogP contribution in [0, 0.1) is 0 Å². The van der Waals surface area contributed by atoms with Crippen LogP contribution in [0.5, 0.6) is 0 Å². The van der Waals surface area contributed by atoms with E-state index >= 15 is 0 Å². The van der Waals surface area contributed by atoms with Gasteiger partial charge in [-0.3, -0.25) is 9.59 Å². The molecule has 246 valence electrons. The number of anilines is 1. The molecule has 0 saturated carbocycles. The first-order valence-corrected chi connectivity index (χ1v) is 18.4. The number of nitrogens with zero attached hydrogens (tertiary/aromatic N) is 1. The molecule has 0 radical (unpaired) electrons. The molecule has 2 atom stereocenters. The van der Waals surface area contributed by atoms with Crippen molar-refractivity contribution >= 4 is 27.3 Å². The second kappa shape index (κ2) is 16.0. The molecule has 47 heavy (non-hydrogen) atoms. The lowest BCUT2D eigenvalue weighted by molar-refractivity contribution is -0.123. The van der Waals surface area contributed by atoms with Gasteiger partial charge in [-0.15, -0.1) is 0 Å². The van der Waals surface area contributed by atoms with E-state index < -0.39 is 9.84 Å². The van der Waals surface area contributed by atoms with Crippen LogP contribution >= 0.6 is 0 Å². The standard InChI is InChI=1S/C39H45N3O4S/c1-3-36(31-16-20-35(21-17-31)47(2,45)46)39(44)41-34-22-25-42(26-23-34)27-24-37(30-12-8-5-9-13-30)32-14-18-33(19-15-32)40-38(43)28-29-10-6-4-7-11-29/h4-21,34,36-37H,3,22-28H2,1-2H3,(H,40,43)(H,41,44). The molecule has 1 saturated heterocycles. The van der Waals surface area contributed by atoms with Crippen LogP contribution in [0.3, 0.4) is 0 Å². The average molecular weight is 652 g/mol. The molecule has 8 heteroatoms. The quantitative estimate of drug-likeness (QED) is 0.171. The summed E-state index contributed by atoms with van der Waals surface area (Å²) in [7, 11) is -3.28. The maximum Gasteiger partial charge on any atom is 0.228 e. The van der Waals surface area contributed by atoms with Crippen molar-refractivity contribution in [1.29, 1.82) is 0 Å². The normalized spacial score (nSPS) is 15.4. The fraction of sp³-hybridized carbons (Fsp3) is 0.333. The van der Waals surface area contributed by atoms with Gasteiger partial charge in [-0.05, 0) is 78.7 Å². The van der Waals surface area contributed by atoms with Crippen LogP contribution in [0.4, 0.5) is 5.69 Å². The summed E-state index contributed by atoms with van der Waals surface area (Å²) in [5.74, 6) is -0.113. The van der Waals surface area contributed by atoms with E-state index in [1.165, 1.54) is 17.4 Å². The number of piperidine rings is 1. The van der Waals surface area contributed by atoms with Crippen molar-refractivity contribution in [3.05, 3.63) is 131 Å². The average Bonchev–Trinajstić information content (AvgIpc) is 3.07. The summed E-state index contributed by atoms with van der Waals surface area (Å²) in [6, 6.07) is 35.3. The molecular formula is C39H45N3O4S. The van der Waals surface area contributed by atoms with E-state index in [4.69, 9.17) is 0 Å². The van der Waals surface area contributed by atoms with Gasteiger partial charge < -0.3 is 15.5 Å². The van der Waals surface area contributed by atoms with Gasteiger partial charge in [-0.1, -0.05) is 91.9 Å². The molecule has 0 bridgehead atoms. The number of carbonyl (C=O) groups excluding carboxylic acids is 2. The van der Waals surface area contributed by atoms with Gasteiger partial charge in [0.15, 0.2) is 9.84 Å². The van der Waals surface area contributed by atoms with Crippen LogP contribution in [-0.2, 0) is 25.8 Å². The SMILES string of the molecule is CCC(C(=O)NC1CCN(CCC(c2ccccc2)c2ccc(NC(=O)Cc3ccccc3)cc2)CC1)c1ccc(S(C)(=O)=O)cc1. The predicted molar refractivity (Wildman–Crippen MR) is 188 cm³/mol. The van der Waals surface area contributed by atoms with E-state index in [0.717, 1.165) is 55.7 Å². The number of nitrogens with one attached hydrogen (secondary N) is 2. The number of rotatable bonds is 13. The van der Waals surface area contributed by atoms with E-state index in [1.807, 2.05) is 55.5 Å². The molecule has 2 N–H and O–H groups in total. The smallest absolute Gasteiger partial charge is 0.228 e. The molecule has 4 aromatic carbocycles. The third-order valence-corrected chi connectivity index (χ3v) is 10.2. The van der Waals surface area contributed by atoms with Gasteiger partial charge in [0.25, 0.3) is 0 Å². The summed E-state index contributed by atoms with van der Waals surface area (Å²) in [5.41, 5.74) is 5.10. The largest absolute Gasteiger partial charge is 0.353 e. The van der Waals surface area contributed by atoms with Gasteiger partial charge in [-0.25, -0.2) is 8.42 Å². The van der Waals surface area contributed by atoms with E-state index in [2.05, 4.69) is 51.9 Å². The number of hydrogen-bond donors (Lipinski definition) is 2. The first kappa shape index (κ1) is 34.1. The summed E-state index contributed by atoms with van der Waals surface area (Å²) in [6.45, 7) is 4.76. The van der Waals surface area contributed by atoms with E-state index in [0.29, 0.717) is 12.8 Å². The van der Waals surface area contributed by atoms with Crippen LogP contribution in [0.15, 0.2) is 114 Å². The van der Waals surface area contributed by atoms with Crippen molar-refractivity contribution < 1.29 is 18.0 Å². The molecule has 2 amide bonds. The van der Waals surface area contributed by atoms with Crippen molar-refractivity contribution in [2.45, 2.75) is 61.8 Å². The molecule has 0 aromatic heterocycles. The molecule has 7 nitrogen and oxygen atoms in total. The Labute approximate surface area is 279 Å². The zero-order valence-corrected chi connectivity index (χ0v) is 28.1. The number of sulfone groups is 1. The summed E-state index contributed by atoms with van der Waals surface area (Å²) < 4.78 is 23.7. The van der Waals surface area contributed by atoms with Gasteiger partial charge in [0.1, 0.15) is 0 Å². The molecule has 2 unspecified atom stereocenters. The van der Waals surface area contributed by atoms with Crippen LogP contribution in [0.2, 0.25) is 0 Å². The Kier molecular flexibility index (Phi) is 11.6. The van der Waals surface area contributed by atoms with Crippen molar-refractivity contribution in [2.75, 3.05) is 31.2 Å². The molecule has 1 aliphatic rings. The first-order chi connectivity index (χ1) is 22.7. The lowest BCUT2D eigenvalue weighted by Crippen LogP contribution is -2.46. The molecular weight excluding hydrogens is 607 g/mol. The highest BCUT2D eigenvalue weighted by Gasteiger charge is 2.26. The zero-order valence-electron chi connectivity index (χ0n) is 27.3. The zero-order chi connectivity index (χ0) is 33.2. The maximum atomic E-state index is 13.2. The van der Waals surface area contributed by atoms with Crippen molar-refractivity contribution in [3.63, 3.8) is 0 Å². The predicted octanol–water partition coefficient (Wildman–Crippen LogP) is 6.57. The highest BCUT2D eigenvalue weighted by atomic mass is 32.2. The molecule has 4 aromatic rings. The highest BCUT2D eigenvalue weighted by molar-refractivity contribution is 7.90. The van der Waals surface area contributed by atoms with Gasteiger partial charge in [0, 0.05) is 37.0 Å². The molecule has 1 heterocycles. The van der Waals surface area contributed by atoms with Gasteiger partial charge >= 0.3 is 0 Å². The van der Waals surface area contributed by atoms with E-state index in [-0.39, 0.29) is 34.6 Å². The summed E-state index contributed by atoms with van der Waals surface area (Å²) in [6.07, 6.45) is 4.92. The molecule has 0 spiro atoms. The van der Waals surface area contributed by atoms with Gasteiger partial charge in [-0.2, -0.15) is 0 Å². The Balaban J connectivity index is 1.14. The molecule has 5 rings (SSSR count). The third-order valence-electron chi connectivity index (χ3n) is 9.11. The Bertz CT molecular complexity index is 1700. The van der Waals surface area contributed by atoms with Crippen LogP contribution in [0.1, 0.15) is 66.7 Å². The van der Waals surface area contributed by atoms with Crippen molar-refractivity contribution in [3.8, 4) is 0 Å². The van der Waals surface area contributed by atoms with Crippen molar-refractivity contribution in [1.82, 2.24) is 10.2 Å². The molecule has 0 aliphatic carbocycles. The number of carbonyl (C=O) groups is 2. The van der Waals surface area contributed by atoms with Crippen LogP contribution < -0.4 is 10.6 Å². The van der Waals surface area contributed by atoms with Crippen LogP contribution in [-0.4, -0.2) is 57.1 Å². The topological polar surface area (TPSA) is 95.6 Å². The Morgan fingerprint density at radius 2 is 1.36 bits per heavy atom. The second-order valence-corrected chi connectivity index (χ2v) is 14.5. The van der Waals surface area contributed by atoms with Crippen molar-refractivity contribution in [2.24, 2.45) is 0 Å². The maximum absolute atomic E-state index is 13.2. The monoisotopic (exact) mass is 651 g/mol. The number of likely N-dealkylation sites (tertiary alicyclic amines) is 1. The first-order valence-electron chi connectivity index (χ1n) is 16.5. The Morgan fingerprint density at radius 1 is 0.787 bits per heavy atom. The number of amides is 2. The number of hydrogen-bond acceptors (Lipinski definition) is 5. The number of benzene rings is 4. The minimum absolute atomic E-state index is 0.00176. The fourth-order valence-electron chi connectivity index (χ4n) is 6.43. The fourth-order valence-corrected chi connectivity index (χ4v) is 7.06. The molecule has 1 aliphatic heterocycles. The summed E-state index contributed by atoms with van der Waals surface area (Å²) in [5, 5.41) is 6.29. The summed E-state index contributed by atoms with van der Waals surface area (Å²) >= 11 is 0. The third kappa shape index (κ3) is 9.62. The van der Waals surface area contributed by atoms with E-state index in [9.17, 15) is 18.0 Å². The van der Waals surface area contributed by atoms with E-state index in [1.54, 1.807) is 24.3 Å². The minimum Gasteiger partial charge on any atom is -0.353 e. The Hall–Kier alpha value is -4.27. The highest BCUT2D eigenvalue weighted by Crippen LogP contribution is 2.30. The van der Waals surface area contributed by atoms with Gasteiger partial charge in [0.05, 0.1) is 17.2 Å². The van der Waals surface area contributed by atoms with Crippen LogP contribution in [0.25, 0.3) is 0 Å². The molecule has 1 fully saturated rings. The summed E-state index contributed by atoms with van der Waals surface area (Å²) in [4.78, 5) is 28.6. The lowest BCUT2D eigenvalue weighted by atomic mass is 9.88. The lowest BCUT2D eigenvalue weighted by Gasteiger charge is -2.34. The van der Waals surface area contributed by atoms with Gasteiger partial charge in [0.2, 0.25) is 11.8 Å². The second-order valence-electron chi connectivity index (χ2n) is 12.5. The Morgan fingerprint density at radius 3 is 1.96 bits per heavy atom. The minimum atomic E-state index is -3.28.